The molecule has 0 unspecified atom stereocenters. The highest BCUT2D eigenvalue weighted by Gasteiger charge is 2.74. The molecule has 0 bridgehead atoms. The largest absolute Gasteiger partial charge is 0.456 e. The molecule has 3 saturated carbocycles. The smallest absolute Gasteiger partial charge is 0.303 e. The van der Waals surface area contributed by atoms with E-state index in [0.29, 0.717) is 6.42 Å². The van der Waals surface area contributed by atoms with Crippen molar-refractivity contribution in [2.45, 2.75) is 142 Å². The molecule has 13 heteroatoms. The van der Waals surface area contributed by atoms with Gasteiger partial charge in [0.2, 0.25) is 0 Å². The lowest BCUT2D eigenvalue weighted by Crippen LogP contribution is -2.66. The summed E-state index contributed by atoms with van der Waals surface area (Å²) in [5, 5.41) is 64.7. The predicted molar refractivity (Wildman–Crippen MR) is 180 cm³/mol. The average molecular weight is 721 g/mol. The van der Waals surface area contributed by atoms with Crippen LogP contribution in [0.4, 0.5) is 0 Å². The Hall–Kier alpha value is -2.36. The molecule has 1 saturated heterocycles. The summed E-state index contributed by atoms with van der Waals surface area (Å²) in [6, 6.07) is 0. The van der Waals surface area contributed by atoms with E-state index >= 15 is 0 Å². The zero-order valence-corrected chi connectivity index (χ0v) is 31.1. The number of rotatable bonds is 8. The second-order valence-corrected chi connectivity index (χ2v) is 17.6. The first-order chi connectivity index (χ1) is 23.3. The van der Waals surface area contributed by atoms with Gasteiger partial charge in [-0.1, -0.05) is 32.4 Å². The lowest BCUT2D eigenvalue weighted by atomic mass is 9.38. The van der Waals surface area contributed by atoms with Gasteiger partial charge in [0.1, 0.15) is 47.5 Å². The van der Waals surface area contributed by atoms with Crippen LogP contribution in [0.2, 0.25) is 0 Å². The number of ether oxygens (including phenoxy) is 3. The quantitative estimate of drug-likeness (QED) is 0.119. The minimum Gasteiger partial charge on any atom is -0.456 e. The lowest BCUT2D eigenvalue weighted by molar-refractivity contribution is -0.311. The van der Waals surface area contributed by atoms with Gasteiger partial charge < -0.3 is 44.8 Å². The maximum absolute atomic E-state index is 14.8. The number of carbonyl (C=O) groups is 4. The highest BCUT2D eigenvalue weighted by Crippen LogP contribution is 2.74. The molecule has 51 heavy (non-hydrogen) atoms. The summed E-state index contributed by atoms with van der Waals surface area (Å²) in [5.74, 6) is -3.56. The van der Waals surface area contributed by atoms with Crippen LogP contribution in [0.1, 0.15) is 88.0 Å². The molecular weight excluding hydrogens is 664 g/mol. The van der Waals surface area contributed by atoms with Crippen molar-refractivity contribution in [3.8, 4) is 0 Å². The first kappa shape index (κ1) is 39.8. The maximum atomic E-state index is 14.8. The van der Waals surface area contributed by atoms with Crippen LogP contribution in [0, 0.1) is 39.4 Å². The van der Waals surface area contributed by atoms with Gasteiger partial charge in [-0.15, -0.1) is 0 Å². The van der Waals surface area contributed by atoms with Gasteiger partial charge in [-0.3, -0.25) is 19.2 Å². The summed E-state index contributed by atoms with van der Waals surface area (Å²) >= 11 is 0. The van der Waals surface area contributed by atoms with Crippen LogP contribution >= 0.6 is 0 Å². The van der Waals surface area contributed by atoms with Crippen molar-refractivity contribution in [3.63, 3.8) is 0 Å². The molecule has 13 nitrogen and oxygen atoms in total. The highest BCUT2D eigenvalue weighted by atomic mass is 16.7. The van der Waals surface area contributed by atoms with E-state index in [0.717, 1.165) is 11.6 Å². The van der Waals surface area contributed by atoms with Crippen molar-refractivity contribution in [1.29, 1.82) is 0 Å². The van der Waals surface area contributed by atoms with Crippen molar-refractivity contribution < 1.29 is 64.0 Å². The number of ketones is 3. The van der Waals surface area contributed by atoms with E-state index in [4.69, 9.17) is 14.2 Å². The Balaban J connectivity index is 1.48. The van der Waals surface area contributed by atoms with Crippen LogP contribution in [0.25, 0.3) is 0 Å². The zero-order valence-electron chi connectivity index (χ0n) is 31.1. The van der Waals surface area contributed by atoms with Crippen LogP contribution in [-0.2, 0) is 33.4 Å². The monoisotopic (exact) mass is 720 g/mol. The zero-order chi connectivity index (χ0) is 38.4. The third kappa shape index (κ3) is 6.00. The van der Waals surface area contributed by atoms with Crippen LogP contribution in [-0.4, -0.2) is 115 Å². The number of carbonyl (C=O) groups excluding carboxylic acids is 4. The second kappa shape index (κ2) is 12.9. The normalized spacial score (nSPS) is 45.0. The van der Waals surface area contributed by atoms with E-state index in [9.17, 15) is 49.8 Å². The molecule has 5 aliphatic rings. The first-order valence-corrected chi connectivity index (χ1v) is 17.9. The number of aliphatic hydroxyl groups excluding tert-OH is 5. The third-order valence-corrected chi connectivity index (χ3v) is 13.7. The molecule has 4 aliphatic carbocycles. The van der Waals surface area contributed by atoms with E-state index in [1.54, 1.807) is 27.7 Å². The molecule has 0 amide bonds. The summed E-state index contributed by atoms with van der Waals surface area (Å²) in [5.41, 5.74) is -6.34. The number of aliphatic hydroxyl groups is 6. The Bertz CT molecular complexity index is 1510. The minimum absolute atomic E-state index is 0.0549. The topological polar surface area (TPSA) is 217 Å². The van der Waals surface area contributed by atoms with Gasteiger partial charge in [-0.2, -0.15) is 0 Å². The van der Waals surface area contributed by atoms with Gasteiger partial charge in [0.05, 0.1) is 12.7 Å². The summed E-state index contributed by atoms with van der Waals surface area (Å²) in [6.45, 7) is 14.4. The fraction of sp³-hybridized carbons (Fsp3) is 0.789. The summed E-state index contributed by atoms with van der Waals surface area (Å²) in [7, 11) is 0. The van der Waals surface area contributed by atoms with Gasteiger partial charge in [0, 0.05) is 30.1 Å². The molecule has 0 radical (unpaired) electrons. The van der Waals surface area contributed by atoms with Gasteiger partial charge >= 0.3 is 5.97 Å². The Morgan fingerprint density at radius 3 is 2.22 bits per heavy atom. The molecule has 1 heterocycles. The molecule has 0 aromatic heterocycles. The molecule has 4 fully saturated rings. The molecule has 1 aliphatic heterocycles. The van der Waals surface area contributed by atoms with E-state index in [1.165, 1.54) is 19.9 Å². The summed E-state index contributed by atoms with van der Waals surface area (Å²) in [4.78, 5) is 54.0. The third-order valence-electron chi connectivity index (χ3n) is 13.7. The first-order valence-electron chi connectivity index (χ1n) is 17.9. The average Bonchev–Trinajstić information content (AvgIpc) is 3.22. The van der Waals surface area contributed by atoms with Crippen molar-refractivity contribution in [1.82, 2.24) is 0 Å². The molecule has 0 aromatic carbocycles. The van der Waals surface area contributed by atoms with E-state index in [-0.39, 0.29) is 36.7 Å². The summed E-state index contributed by atoms with van der Waals surface area (Å²) < 4.78 is 16.9. The number of esters is 1. The molecule has 0 spiro atoms. The van der Waals surface area contributed by atoms with Crippen molar-refractivity contribution in [3.05, 3.63) is 23.8 Å². The van der Waals surface area contributed by atoms with Gasteiger partial charge in [0.15, 0.2) is 17.9 Å². The molecule has 5 rings (SSSR count). The number of fused-ring (bicyclic) bond motifs is 5. The standard InChI is InChI=1S/C38H56O13/c1-18(40)51-33(2,3)13-12-25(42)38(9,48)30-21(41)15-35(6)24-11-10-19-20(37(24,8)26(43)16-36(30,35)7)14-22(31(47)34(19,4)5)49-32-29(46)28(45)27(44)23(17-39)50-32/h10,12-13,20-24,27-30,32,39,41,44-46,48H,11,14-17H2,1-9H3/b13-12+/t20-,21-,22+,23-,24+,27-,28+,29-,30+,32-,35+,36-,37+,38+/m1/s1. The molecule has 286 valence electrons. The Morgan fingerprint density at radius 1 is 1.00 bits per heavy atom. The van der Waals surface area contributed by atoms with E-state index < -0.39 is 106 Å². The van der Waals surface area contributed by atoms with Gasteiger partial charge in [-0.25, -0.2) is 0 Å². The lowest BCUT2D eigenvalue weighted by Gasteiger charge is -2.64. The Labute approximate surface area is 299 Å². The molecule has 6 N–H and O–H groups in total. The Kier molecular flexibility index (Phi) is 10.1. The minimum atomic E-state index is -2.08. The van der Waals surface area contributed by atoms with Crippen LogP contribution in [0.5, 0.6) is 0 Å². The number of hydrogen-bond acceptors (Lipinski definition) is 13. The van der Waals surface area contributed by atoms with Gasteiger partial charge in [0.25, 0.3) is 0 Å². The van der Waals surface area contributed by atoms with Crippen molar-refractivity contribution in [2.75, 3.05) is 6.61 Å². The van der Waals surface area contributed by atoms with E-state index in [2.05, 4.69) is 0 Å². The van der Waals surface area contributed by atoms with Gasteiger partial charge in [-0.05, 0) is 88.7 Å². The van der Waals surface area contributed by atoms with Crippen molar-refractivity contribution >= 4 is 23.3 Å². The highest BCUT2D eigenvalue weighted by molar-refractivity contribution is 5.98. The molecule has 0 aromatic rings. The predicted octanol–water partition coefficient (Wildman–Crippen LogP) is 1.32. The number of Topliss-reactive ketones (excluding diaryl/α,β-unsaturated/α-hetero) is 2. The van der Waals surface area contributed by atoms with E-state index in [1.807, 2.05) is 26.8 Å². The molecular formula is C38H56O13. The SMILES string of the molecule is CC(=O)OC(C)(C)/C=C/C(=O)[C@](C)(O)[C@H]1[C@H](O)C[C@@]2(C)[C@@H]3CC=C4[C@@H](C[C@H](O[C@@H]5O[C@H](CO)[C@@H](O)[C@H](O)[C@H]5O)C(=O)C4(C)C)[C@]3(C)C(=O)C[C@]12C. The fourth-order valence-corrected chi connectivity index (χ4v) is 10.8. The maximum Gasteiger partial charge on any atom is 0.303 e. The fourth-order valence-electron chi connectivity index (χ4n) is 10.8. The Morgan fingerprint density at radius 2 is 1.63 bits per heavy atom. The second-order valence-electron chi connectivity index (χ2n) is 17.6. The summed E-state index contributed by atoms with van der Waals surface area (Å²) in [6.07, 6.45) is -4.90. The number of hydrogen-bond donors (Lipinski definition) is 6. The van der Waals surface area contributed by atoms with Crippen LogP contribution in [0.15, 0.2) is 23.8 Å². The molecule has 14 atom stereocenters. The van der Waals surface area contributed by atoms with Crippen LogP contribution in [0.3, 0.4) is 0 Å². The van der Waals surface area contributed by atoms with Crippen molar-refractivity contribution in [2.24, 2.45) is 39.4 Å². The van der Waals surface area contributed by atoms with Crippen LogP contribution < -0.4 is 0 Å². The number of allylic oxidation sites excluding steroid dienone is 2.